The molecule has 6 nitrogen and oxygen atoms in total. The zero-order valence-electron chi connectivity index (χ0n) is 9.10. The Labute approximate surface area is 90.6 Å². The molecule has 0 amide bonds. The van der Waals surface area contributed by atoms with E-state index >= 15 is 0 Å². The Morgan fingerprint density at radius 3 is 2.47 bits per heavy atom. The Kier molecular flexibility index (Phi) is 7.89. The molecule has 0 aliphatic heterocycles. The lowest BCUT2D eigenvalue weighted by Gasteiger charge is -2.15. The third-order valence-electron chi connectivity index (χ3n) is 1.70. The molecule has 0 aliphatic rings. The molecule has 0 aliphatic carbocycles. The fourth-order valence-electron chi connectivity index (χ4n) is 1.03. The van der Waals surface area contributed by atoms with Gasteiger partial charge in [0.1, 0.15) is 0 Å². The number of ether oxygens (including phenoxy) is 2. The lowest BCUT2D eigenvalue weighted by Crippen LogP contribution is -2.41. The third-order valence-corrected chi connectivity index (χ3v) is 3.21. The lowest BCUT2D eigenvalue weighted by molar-refractivity contribution is 0.139. The van der Waals surface area contributed by atoms with Crippen LogP contribution in [0, 0.1) is 0 Å². The van der Waals surface area contributed by atoms with E-state index in [0.717, 1.165) is 0 Å². The van der Waals surface area contributed by atoms with Crippen LogP contribution in [0.2, 0.25) is 0 Å². The molecule has 2 N–H and O–H groups in total. The summed E-state index contributed by atoms with van der Waals surface area (Å²) in [5, 5.41) is 8.86. The largest absolute Gasteiger partial charge is 0.395 e. The van der Waals surface area contributed by atoms with Crippen LogP contribution in [-0.2, 0) is 19.5 Å². The molecule has 0 saturated heterocycles. The summed E-state index contributed by atoms with van der Waals surface area (Å²) in [6, 6.07) is -0.581. The minimum absolute atomic E-state index is 0.0128. The number of methoxy groups -OCH3 is 2. The molecule has 15 heavy (non-hydrogen) atoms. The Morgan fingerprint density at radius 1 is 1.33 bits per heavy atom. The summed E-state index contributed by atoms with van der Waals surface area (Å²) in [4.78, 5) is 0. The molecule has 0 heterocycles. The molecule has 0 rings (SSSR count). The van der Waals surface area contributed by atoms with E-state index < -0.39 is 16.1 Å². The highest BCUT2D eigenvalue weighted by Crippen LogP contribution is 1.94. The van der Waals surface area contributed by atoms with E-state index in [4.69, 9.17) is 14.6 Å². The van der Waals surface area contributed by atoms with Gasteiger partial charge in [-0.15, -0.1) is 0 Å². The Balaban J connectivity index is 3.99. The number of hydrogen-bond donors (Lipinski definition) is 2. The summed E-state index contributed by atoms with van der Waals surface area (Å²) in [5.74, 6) is -0.0128. The predicted octanol–water partition coefficient (Wildman–Crippen LogP) is -1.05. The predicted molar refractivity (Wildman–Crippen MR) is 56.2 cm³/mol. The second-order valence-electron chi connectivity index (χ2n) is 3.12. The lowest BCUT2D eigenvalue weighted by atomic mass is 10.4. The number of rotatable bonds is 9. The van der Waals surface area contributed by atoms with E-state index in [1.54, 1.807) is 0 Å². The molecule has 0 aromatic heterocycles. The molecule has 0 aromatic carbocycles. The van der Waals surface area contributed by atoms with Crippen molar-refractivity contribution in [2.75, 3.05) is 39.8 Å². The highest BCUT2D eigenvalue weighted by Gasteiger charge is 2.16. The summed E-state index contributed by atoms with van der Waals surface area (Å²) in [6.07, 6.45) is 0.428. The summed E-state index contributed by atoms with van der Waals surface area (Å²) < 4.78 is 34.7. The van der Waals surface area contributed by atoms with Gasteiger partial charge < -0.3 is 14.6 Å². The maximum Gasteiger partial charge on any atom is 0.212 e. The van der Waals surface area contributed by atoms with Crippen molar-refractivity contribution < 1.29 is 23.0 Å². The molecule has 0 saturated carbocycles. The standard InChI is InChI=1S/C8H19NO5S/c1-13-4-3-5-15(11,12)9-8(6-10)7-14-2/h8-10H,3-7H2,1-2H3. The second kappa shape index (κ2) is 8.00. The number of hydrogen-bond acceptors (Lipinski definition) is 5. The van der Waals surface area contributed by atoms with Gasteiger partial charge in [-0.25, -0.2) is 13.1 Å². The fraction of sp³-hybridized carbons (Fsp3) is 1.00. The van der Waals surface area contributed by atoms with E-state index in [9.17, 15) is 8.42 Å². The number of nitrogens with one attached hydrogen (secondary N) is 1. The van der Waals surface area contributed by atoms with Crippen molar-refractivity contribution in [1.29, 1.82) is 0 Å². The second-order valence-corrected chi connectivity index (χ2v) is 4.99. The first-order chi connectivity index (χ1) is 7.05. The first-order valence-corrected chi connectivity index (χ1v) is 6.29. The molecule has 1 atom stereocenters. The number of sulfonamides is 1. The van der Waals surface area contributed by atoms with Gasteiger partial charge in [-0.2, -0.15) is 0 Å². The van der Waals surface area contributed by atoms with Gasteiger partial charge in [-0.1, -0.05) is 0 Å². The van der Waals surface area contributed by atoms with Gasteiger partial charge in [0.05, 0.1) is 25.0 Å². The molecular formula is C8H19NO5S. The maximum absolute atomic E-state index is 11.4. The zero-order chi connectivity index (χ0) is 11.7. The highest BCUT2D eigenvalue weighted by molar-refractivity contribution is 7.89. The molecule has 0 radical (unpaired) electrons. The third kappa shape index (κ3) is 7.69. The van der Waals surface area contributed by atoms with Crippen molar-refractivity contribution in [2.24, 2.45) is 0 Å². The molecule has 7 heteroatoms. The van der Waals surface area contributed by atoms with Crippen molar-refractivity contribution in [1.82, 2.24) is 4.72 Å². The molecular weight excluding hydrogens is 222 g/mol. The SMILES string of the molecule is COCCCS(=O)(=O)NC(CO)COC. The van der Waals surface area contributed by atoms with E-state index in [0.29, 0.717) is 13.0 Å². The van der Waals surface area contributed by atoms with Crippen LogP contribution in [0.1, 0.15) is 6.42 Å². The van der Waals surface area contributed by atoms with Crippen LogP contribution in [0.15, 0.2) is 0 Å². The van der Waals surface area contributed by atoms with Gasteiger partial charge in [0.15, 0.2) is 0 Å². The van der Waals surface area contributed by atoms with E-state index in [2.05, 4.69) is 4.72 Å². The summed E-state index contributed by atoms with van der Waals surface area (Å²) in [5.41, 5.74) is 0. The van der Waals surface area contributed by atoms with Crippen LogP contribution in [0.5, 0.6) is 0 Å². The van der Waals surface area contributed by atoms with Crippen LogP contribution in [0.3, 0.4) is 0 Å². The molecule has 92 valence electrons. The quantitative estimate of drug-likeness (QED) is 0.503. The van der Waals surface area contributed by atoms with Gasteiger partial charge in [-0.3, -0.25) is 0 Å². The molecule has 0 aromatic rings. The first kappa shape index (κ1) is 14.8. The van der Waals surface area contributed by atoms with Gasteiger partial charge in [0.25, 0.3) is 0 Å². The van der Waals surface area contributed by atoms with Crippen LogP contribution in [0.25, 0.3) is 0 Å². The topological polar surface area (TPSA) is 84.9 Å². The Bertz CT molecular complexity index is 241. The van der Waals surface area contributed by atoms with Gasteiger partial charge in [0, 0.05) is 20.8 Å². The first-order valence-electron chi connectivity index (χ1n) is 4.64. The maximum atomic E-state index is 11.4. The van der Waals surface area contributed by atoms with Crippen molar-refractivity contribution in [3.8, 4) is 0 Å². The van der Waals surface area contributed by atoms with Crippen molar-refractivity contribution in [2.45, 2.75) is 12.5 Å². The monoisotopic (exact) mass is 241 g/mol. The van der Waals surface area contributed by atoms with Gasteiger partial charge in [-0.05, 0) is 6.42 Å². The van der Waals surface area contributed by atoms with E-state index in [1.807, 2.05) is 0 Å². The summed E-state index contributed by atoms with van der Waals surface area (Å²) in [6.45, 7) is 0.270. The van der Waals surface area contributed by atoms with E-state index in [1.165, 1.54) is 14.2 Å². The minimum atomic E-state index is -3.36. The number of aliphatic hydroxyl groups excluding tert-OH is 1. The van der Waals surface area contributed by atoms with Crippen LogP contribution in [0.4, 0.5) is 0 Å². The molecule has 0 fully saturated rings. The van der Waals surface area contributed by atoms with Gasteiger partial charge in [0.2, 0.25) is 10.0 Å². The van der Waals surface area contributed by atoms with Gasteiger partial charge >= 0.3 is 0 Å². The molecule has 0 bridgehead atoms. The zero-order valence-corrected chi connectivity index (χ0v) is 9.92. The smallest absolute Gasteiger partial charge is 0.212 e. The fourth-order valence-corrected chi connectivity index (χ4v) is 2.30. The average Bonchev–Trinajstić information content (AvgIpc) is 2.17. The van der Waals surface area contributed by atoms with Crippen LogP contribution < -0.4 is 4.72 Å². The normalized spacial score (nSPS) is 14.1. The van der Waals surface area contributed by atoms with Crippen LogP contribution in [-0.4, -0.2) is 59.4 Å². The van der Waals surface area contributed by atoms with Crippen molar-refractivity contribution in [3.05, 3.63) is 0 Å². The highest BCUT2D eigenvalue weighted by atomic mass is 32.2. The Hall–Kier alpha value is -0.210. The van der Waals surface area contributed by atoms with Crippen LogP contribution >= 0.6 is 0 Å². The number of aliphatic hydroxyl groups is 1. The average molecular weight is 241 g/mol. The van der Waals surface area contributed by atoms with E-state index in [-0.39, 0.29) is 19.0 Å². The van der Waals surface area contributed by atoms with Crippen molar-refractivity contribution in [3.63, 3.8) is 0 Å². The summed E-state index contributed by atoms with van der Waals surface area (Å²) in [7, 11) is -0.396. The minimum Gasteiger partial charge on any atom is -0.395 e. The van der Waals surface area contributed by atoms with Crippen molar-refractivity contribution >= 4 is 10.0 Å². The Morgan fingerprint density at radius 2 is 2.00 bits per heavy atom. The molecule has 0 spiro atoms. The summed E-state index contributed by atoms with van der Waals surface area (Å²) >= 11 is 0. The molecule has 1 unspecified atom stereocenters.